The third kappa shape index (κ3) is 5.50. The molecule has 3 aromatic carbocycles. The second-order valence-corrected chi connectivity index (χ2v) is 7.92. The summed E-state index contributed by atoms with van der Waals surface area (Å²) >= 11 is 0. The average molecular weight is 460 g/mol. The average Bonchev–Trinajstić information content (AvgIpc) is 2.89. The van der Waals surface area contributed by atoms with Gasteiger partial charge in [0.1, 0.15) is 6.10 Å². The first-order chi connectivity index (χ1) is 16.5. The van der Waals surface area contributed by atoms with Crippen molar-refractivity contribution >= 4 is 17.9 Å². The molecule has 34 heavy (non-hydrogen) atoms. The number of ether oxygens (including phenoxy) is 4. The van der Waals surface area contributed by atoms with Crippen LogP contribution in [0.2, 0.25) is 0 Å². The van der Waals surface area contributed by atoms with E-state index in [0.29, 0.717) is 16.7 Å². The zero-order chi connectivity index (χ0) is 23.9. The number of hydrogen-bond acceptors (Lipinski definition) is 7. The minimum atomic E-state index is -1.26. The molecule has 174 valence electrons. The second kappa shape index (κ2) is 10.8. The van der Waals surface area contributed by atoms with Crippen molar-refractivity contribution in [2.45, 2.75) is 25.4 Å². The van der Waals surface area contributed by atoms with Crippen LogP contribution in [0.3, 0.4) is 0 Å². The summed E-state index contributed by atoms with van der Waals surface area (Å²) < 4.78 is 22.8. The molecule has 1 heterocycles. The molecule has 1 aliphatic heterocycles. The molecule has 4 atom stereocenters. The van der Waals surface area contributed by atoms with E-state index in [1.807, 2.05) is 6.92 Å². The molecule has 0 radical (unpaired) electrons. The van der Waals surface area contributed by atoms with Crippen LogP contribution in [0.5, 0.6) is 0 Å². The van der Waals surface area contributed by atoms with Crippen molar-refractivity contribution in [3.05, 3.63) is 108 Å². The fraction of sp³-hybridized carbons (Fsp3) is 0.222. The van der Waals surface area contributed by atoms with Gasteiger partial charge in [-0.15, -0.1) is 0 Å². The molecule has 7 nitrogen and oxygen atoms in total. The molecule has 4 rings (SSSR count). The second-order valence-electron chi connectivity index (χ2n) is 7.92. The smallest absolute Gasteiger partial charge is 0.340 e. The van der Waals surface area contributed by atoms with Gasteiger partial charge in [-0.2, -0.15) is 0 Å². The van der Waals surface area contributed by atoms with E-state index >= 15 is 0 Å². The highest BCUT2D eigenvalue weighted by Gasteiger charge is 2.46. The molecule has 0 spiro atoms. The zero-order valence-electron chi connectivity index (χ0n) is 18.5. The van der Waals surface area contributed by atoms with Gasteiger partial charge in [-0.1, -0.05) is 61.5 Å². The van der Waals surface area contributed by atoms with E-state index < -0.39 is 36.4 Å². The van der Waals surface area contributed by atoms with Gasteiger partial charge >= 0.3 is 17.9 Å². The van der Waals surface area contributed by atoms with E-state index in [4.69, 9.17) is 18.9 Å². The molecule has 1 unspecified atom stereocenters. The summed E-state index contributed by atoms with van der Waals surface area (Å²) in [5.74, 6) is -2.19. The number of rotatable bonds is 6. The van der Waals surface area contributed by atoms with Crippen molar-refractivity contribution in [1.29, 1.82) is 0 Å². The molecule has 0 saturated carbocycles. The van der Waals surface area contributed by atoms with Crippen molar-refractivity contribution in [3.63, 3.8) is 0 Å². The summed E-state index contributed by atoms with van der Waals surface area (Å²) in [5, 5.41) is 0. The molecule has 0 aromatic heterocycles. The Labute approximate surface area is 197 Å². The number of benzene rings is 3. The minimum Gasteiger partial charge on any atom is -0.454 e. The van der Waals surface area contributed by atoms with E-state index in [9.17, 15) is 14.4 Å². The monoisotopic (exact) mass is 460 g/mol. The Kier molecular flexibility index (Phi) is 7.34. The van der Waals surface area contributed by atoms with Gasteiger partial charge < -0.3 is 18.9 Å². The van der Waals surface area contributed by atoms with Crippen molar-refractivity contribution in [1.82, 2.24) is 0 Å². The Morgan fingerprint density at radius 3 is 1.44 bits per heavy atom. The lowest BCUT2D eigenvalue weighted by Gasteiger charge is -2.39. The van der Waals surface area contributed by atoms with Crippen LogP contribution in [0.15, 0.2) is 91.0 Å². The molecule has 0 aliphatic carbocycles. The molecular weight excluding hydrogens is 436 g/mol. The Bertz CT molecular complexity index is 1120. The highest BCUT2D eigenvalue weighted by atomic mass is 16.7. The van der Waals surface area contributed by atoms with Crippen molar-refractivity contribution in [2.24, 2.45) is 5.92 Å². The molecule has 0 amide bonds. The van der Waals surface area contributed by atoms with Gasteiger partial charge in [0.25, 0.3) is 0 Å². The standard InChI is InChI=1S/C27H24O7/c1-18-17-31-27(34-26(30)21-15-9-4-10-16-21)23(33-25(29)20-13-7-3-8-14-20)22(18)32-24(28)19-11-5-2-6-12-19/h2-16,18,22-23,27H,17H2,1H3/t18-,22+,23+,27?/m0/s1. The van der Waals surface area contributed by atoms with Crippen LogP contribution in [-0.4, -0.2) is 43.0 Å². The predicted octanol–water partition coefficient (Wildman–Crippen LogP) is 4.29. The van der Waals surface area contributed by atoms with Gasteiger partial charge in [0, 0.05) is 5.92 Å². The van der Waals surface area contributed by atoms with E-state index in [1.165, 1.54) is 0 Å². The molecule has 0 N–H and O–H groups in total. The van der Waals surface area contributed by atoms with Gasteiger partial charge in [-0.25, -0.2) is 14.4 Å². The number of carbonyl (C=O) groups is 3. The molecule has 1 fully saturated rings. The van der Waals surface area contributed by atoms with Gasteiger partial charge in [0.2, 0.25) is 12.4 Å². The molecule has 1 saturated heterocycles. The highest BCUT2D eigenvalue weighted by molar-refractivity contribution is 5.91. The van der Waals surface area contributed by atoms with E-state index in [2.05, 4.69) is 0 Å². The maximum atomic E-state index is 12.9. The summed E-state index contributed by atoms with van der Waals surface area (Å²) in [6.07, 6.45) is -3.33. The van der Waals surface area contributed by atoms with E-state index in [-0.39, 0.29) is 12.5 Å². The van der Waals surface area contributed by atoms with Crippen molar-refractivity contribution < 1.29 is 33.3 Å². The van der Waals surface area contributed by atoms with Gasteiger partial charge in [0.15, 0.2) is 0 Å². The largest absolute Gasteiger partial charge is 0.454 e. The highest BCUT2D eigenvalue weighted by Crippen LogP contribution is 2.29. The maximum absolute atomic E-state index is 12.9. The Hall–Kier alpha value is -3.97. The Morgan fingerprint density at radius 2 is 1.00 bits per heavy atom. The summed E-state index contributed by atoms with van der Waals surface area (Å²) in [7, 11) is 0. The van der Waals surface area contributed by atoms with Crippen LogP contribution < -0.4 is 0 Å². The normalized spacial score (nSPS) is 21.8. The number of hydrogen-bond donors (Lipinski definition) is 0. The van der Waals surface area contributed by atoms with Crippen molar-refractivity contribution in [3.8, 4) is 0 Å². The summed E-state index contributed by atoms with van der Waals surface area (Å²) in [4.78, 5) is 38.4. The van der Waals surface area contributed by atoms with Crippen LogP contribution in [0, 0.1) is 5.92 Å². The molecular formula is C27H24O7. The molecule has 7 heteroatoms. The van der Waals surface area contributed by atoms with Crippen LogP contribution in [0.4, 0.5) is 0 Å². The fourth-order valence-corrected chi connectivity index (χ4v) is 3.60. The van der Waals surface area contributed by atoms with Crippen LogP contribution in [0.1, 0.15) is 38.0 Å². The van der Waals surface area contributed by atoms with Crippen LogP contribution in [-0.2, 0) is 18.9 Å². The lowest BCUT2D eigenvalue weighted by Crippen LogP contribution is -2.54. The summed E-state index contributed by atoms with van der Waals surface area (Å²) in [6, 6.07) is 25.3. The topological polar surface area (TPSA) is 88.1 Å². The Morgan fingerprint density at radius 1 is 0.618 bits per heavy atom. The zero-order valence-corrected chi connectivity index (χ0v) is 18.5. The van der Waals surface area contributed by atoms with E-state index in [1.54, 1.807) is 91.0 Å². The van der Waals surface area contributed by atoms with Crippen LogP contribution in [0.25, 0.3) is 0 Å². The first-order valence-corrected chi connectivity index (χ1v) is 10.9. The SMILES string of the molecule is C[C@H]1COC(OC(=O)c2ccccc2)[C@H](OC(=O)c2ccccc2)[C@@H]1OC(=O)c1ccccc1. The predicted molar refractivity (Wildman–Crippen MR) is 122 cm³/mol. The van der Waals surface area contributed by atoms with Crippen molar-refractivity contribution in [2.75, 3.05) is 6.61 Å². The first-order valence-electron chi connectivity index (χ1n) is 10.9. The van der Waals surface area contributed by atoms with Gasteiger partial charge in [0.05, 0.1) is 23.3 Å². The van der Waals surface area contributed by atoms with Gasteiger partial charge in [-0.05, 0) is 36.4 Å². The number of carbonyl (C=O) groups excluding carboxylic acids is 3. The minimum absolute atomic E-state index is 0.138. The maximum Gasteiger partial charge on any atom is 0.340 e. The Balaban J connectivity index is 1.59. The van der Waals surface area contributed by atoms with E-state index in [0.717, 1.165) is 0 Å². The molecule has 0 bridgehead atoms. The van der Waals surface area contributed by atoms with Crippen LogP contribution >= 0.6 is 0 Å². The van der Waals surface area contributed by atoms with Gasteiger partial charge in [-0.3, -0.25) is 0 Å². The fourth-order valence-electron chi connectivity index (χ4n) is 3.60. The summed E-state index contributed by atoms with van der Waals surface area (Å²) in [6.45, 7) is 1.94. The lowest BCUT2D eigenvalue weighted by molar-refractivity contribution is -0.236. The number of esters is 3. The quantitative estimate of drug-likeness (QED) is 0.401. The molecule has 1 aliphatic rings. The lowest BCUT2D eigenvalue weighted by atomic mass is 9.96. The summed E-state index contributed by atoms with van der Waals surface area (Å²) in [5.41, 5.74) is 0.977. The first kappa shape index (κ1) is 23.2. The third-order valence-electron chi connectivity index (χ3n) is 5.41. The molecule has 3 aromatic rings. The third-order valence-corrected chi connectivity index (χ3v) is 5.41.